The van der Waals surface area contributed by atoms with Crippen LogP contribution in [0.2, 0.25) is 0 Å². The first-order valence-corrected chi connectivity index (χ1v) is 23.9. The Morgan fingerprint density at radius 1 is 0.585 bits per heavy atom. The predicted molar refractivity (Wildman–Crippen MR) is 281 cm³/mol. The van der Waals surface area contributed by atoms with Gasteiger partial charge in [0, 0.05) is 81.3 Å². The van der Waals surface area contributed by atoms with Gasteiger partial charge in [-0.2, -0.15) is 0 Å². The minimum absolute atomic E-state index is 0.0498. The van der Waals surface area contributed by atoms with Gasteiger partial charge >= 0.3 is 0 Å². The predicted octanol–water partition coefficient (Wildman–Crippen LogP) is 15.6. The summed E-state index contributed by atoms with van der Waals surface area (Å²) in [6.07, 6.45) is 0. The number of furan rings is 1. The summed E-state index contributed by atoms with van der Waals surface area (Å²) in [4.78, 5) is 0. The number of fused-ring (bicyclic) bond motifs is 14. The fourth-order valence-corrected chi connectivity index (χ4v) is 12.4. The fourth-order valence-electron chi connectivity index (χ4n) is 11.3. The van der Waals surface area contributed by atoms with E-state index in [4.69, 9.17) is 4.42 Å². The molecule has 0 atom stereocenters. The van der Waals surface area contributed by atoms with E-state index in [9.17, 15) is 0 Å². The van der Waals surface area contributed by atoms with Crippen molar-refractivity contribution in [3.05, 3.63) is 161 Å². The average molecular weight is 858 g/mol. The molecule has 1 radical (unpaired) electrons. The zero-order valence-corrected chi connectivity index (χ0v) is 39.4. The Labute approximate surface area is 385 Å². The molecular formula is C60H50BN2OS. The highest BCUT2D eigenvalue weighted by Crippen LogP contribution is 2.53. The number of para-hydroxylation sites is 1. The number of rotatable bonds is 3. The normalized spacial score (nSPS) is 14.2. The lowest BCUT2D eigenvalue weighted by Crippen LogP contribution is -2.37. The van der Waals surface area contributed by atoms with Crippen LogP contribution in [0, 0.1) is 6.92 Å². The zero-order chi connectivity index (χ0) is 44.5. The van der Waals surface area contributed by atoms with E-state index in [0.29, 0.717) is 0 Å². The number of aryl methyl sites for hydroxylation is 1. The van der Waals surface area contributed by atoms with Gasteiger partial charge in [0.15, 0.2) is 7.28 Å². The molecule has 1 N–H and O–H groups in total. The van der Waals surface area contributed by atoms with Crippen molar-refractivity contribution in [3.63, 3.8) is 0 Å². The van der Waals surface area contributed by atoms with Gasteiger partial charge in [-0.25, -0.2) is 0 Å². The molecule has 0 fully saturated rings. The lowest BCUT2D eigenvalue weighted by Gasteiger charge is -2.27. The molecule has 13 rings (SSSR count). The second-order valence-corrected chi connectivity index (χ2v) is 22.4. The number of benzene rings is 8. The molecule has 1 aliphatic carbocycles. The first kappa shape index (κ1) is 38.9. The van der Waals surface area contributed by atoms with E-state index >= 15 is 0 Å². The Morgan fingerprint density at radius 3 is 2.09 bits per heavy atom. The van der Waals surface area contributed by atoms with Crippen molar-refractivity contribution in [1.82, 2.24) is 4.57 Å². The van der Waals surface area contributed by atoms with Gasteiger partial charge in [0.1, 0.15) is 11.2 Å². The Morgan fingerprint density at radius 2 is 1.31 bits per heavy atom. The monoisotopic (exact) mass is 857 g/mol. The van der Waals surface area contributed by atoms with Gasteiger partial charge in [-0.3, -0.25) is 0 Å². The Balaban J connectivity index is 1.11. The molecule has 5 heteroatoms. The maximum absolute atomic E-state index is 6.62. The minimum atomic E-state index is -0.196. The topological polar surface area (TPSA) is 30.1 Å². The van der Waals surface area contributed by atoms with Gasteiger partial charge < -0.3 is 14.3 Å². The molecule has 4 heterocycles. The number of hydrogen-bond acceptors (Lipinski definition) is 3. The number of anilines is 2. The molecule has 8 aromatic carbocycles. The second-order valence-electron chi connectivity index (χ2n) is 21.4. The van der Waals surface area contributed by atoms with E-state index in [1.165, 1.54) is 109 Å². The number of nitrogens with one attached hydrogen (secondary N) is 1. The number of thiophene rings is 1. The lowest BCUT2D eigenvalue weighted by molar-refractivity contribution is 0.584. The van der Waals surface area contributed by atoms with E-state index < -0.39 is 0 Å². The van der Waals surface area contributed by atoms with Crippen molar-refractivity contribution in [2.24, 2.45) is 0 Å². The summed E-state index contributed by atoms with van der Waals surface area (Å²) in [6, 6.07) is 50.6. The van der Waals surface area contributed by atoms with Crippen LogP contribution in [-0.2, 0) is 16.2 Å². The van der Waals surface area contributed by atoms with Crippen LogP contribution in [0.4, 0.5) is 11.4 Å². The Bertz CT molecular complexity index is 3880. The SMILES string of the molecule is Cc1cc(-c2cc3c(cc2Nc2ccc(C(C)(C)C)cc2)-c2ccc(C(C)(C)C)cc2C3(C)C)c2c3c1c1cc4c(cc1n3-c1cc3c(cc1[B]2)sc1ccccc13)oc1ccccc14. The molecular weight excluding hydrogens is 808 g/mol. The third-order valence-electron chi connectivity index (χ3n) is 14.8. The molecule has 3 nitrogen and oxygen atoms in total. The number of nitrogens with zero attached hydrogens (tertiary/aromatic N) is 1. The molecule has 2 aliphatic rings. The van der Waals surface area contributed by atoms with Crippen LogP contribution in [-0.4, -0.2) is 11.8 Å². The summed E-state index contributed by atoms with van der Waals surface area (Å²) >= 11 is 1.88. The van der Waals surface area contributed by atoms with E-state index in [0.717, 1.165) is 33.3 Å². The van der Waals surface area contributed by atoms with E-state index in [2.05, 4.69) is 213 Å². The zero-order valence-electron chi connectivity index (χ0n) is 38.5. The summed E-state index contributed by atoms with van der Waals surface area (Å²) < 4.78 is 11.8. The van der Waals surface area contributed by atoms with Crippen LogP contribution in [0.3, 0.4) is 0 Å². The molecule has 3 aromatic heterocycles. The summed E-state index contributed by atoms with van der Waals surface area (Å²) in [5.74, 6) is 0. The smallest absolute Gasteiger partial charge is 0.197 e. The minimum Gasteiger partial charge on any atom is -0.456 e. The fraction of sp³-hybridized carbons (Fsp3) is 0.200. The van der Waals surface area contributed by atoms with Crippen molar-refractivity contribution < 1.29 is 4.42 Å². The van der Waals surface area contributed by atoms with Gasteiger partial charge in [-0.05, 0) is 122 Å². The van der Waals surface area contributed by atoms with Crippen molar-refractivity contribution in [2.45, 2.75) is 78.6 Å². The van der Waals surface area contributed by atoms with Gasteiger partial charge in [0.25, 0.3) is 0 Å². The molecule has 0 bridgehead atoms. The van der Waals surface area contributed by atoms with Gasteiger partial charge in [0.05, 0.1) is 5.52 Å². The Hall–Kier alpha value is -6.56. The average Bonchev–Trinajstić information content (AvgIpc) is 3.99. The number of aromatic nitrogens is 1. The maximum Gasteiger partial charge on any atom is 0.197 e. The van der Waals surface area contributed by atoms with Crippen molar-refractivity contribution in [3.8, 4) is 27.9 Å². The summed E-state index contributed by atoms with van der Waals surface area (Å²) in [6.45, 7) is 20.9. The van der Waals surface area contributed by atoms with Gasteiger partial charge in [-0.1, -0.05) is 134 Å². The summed E-state index contributed by atoms with van der Waals surface area (Å²) in [5.41, 5.74) is 21.8. The lowest BCUT2D eigenvalue weighted by atomic mass is 9.58. The quantitative estimate of drug-likeness (QED) is 0.179. The van der Waals surface area contributed by atoms with Gasteiger partial charge in [0.2, 0.25) is 0 Å². The molecule has 1 aliphatic heterocycles. The molecule has 0 unspecified atom stereocenters. The summed E-state index contributed by atoms with van der Waals surface area (Å²) in [7, 11) is 2.49. The van der Waals surface area contributed by atoms with Crippen LogP contribution < -0.4 is 16.2 Å². The van der Waals surface area contributed by atoms with E-state index in [1.54, 1.807) is 0 Å². The first-order valence-electron chi connectivity index (χ1n) is 23.1. The first-order chi connectivity index (χ1) is 31.1. The number of hydrogen-bond donors (Lipinski definition) is 1. The van der Waals surface area contributed by atoms with Crippen LogP contribution in [0.1, 0.15) is 83.2 Å². The standard InChI is InChI=1S/C60H50BN2OS/c1-32-24-43(40-27-46-39(28-48(40)62-35-21-18-33(19-22-35)58(2,3)4)36-23-20-34(59(5,6)7)25-45(36)60(46,8)9)56-57-55(32)44-26-41-37-14-10-12-16-51(37)64-52(41)31-49(44)63(57)50-29-42-38-15-11-13-17-53(38)65-54(42)30-47(50)61-56/h10-31,62H,1-9H3. The van der Waals surface area contributed by atoms with Crippen LogP contribution in [0.25, 0.3) is 91.9 Å². The highest BCUT2D eigenvalue weighted by atomic mass is 32.1. The Kier molecular flexibility index (Phi) is 7.80. The van der Waals surface area contributed by atoms with Crippen molar-refractivity contribution in [2.75, 3.05) is 5.32 Å². The van der Waals surface area contributed by atoms with E-state index in [1.807, 2.05) is 11.3 Å². The molecule has 315 valence electrons. The molecule has 0 saturated carbocycles. The van der Waals surface area contributed by atoms with Crippen LogP contribution >= 0.6 is 11.3 Å². The largest absolute Gasteiger partial charge is 0.456 e. The third-order valence-corrected chi connectivity index (χ3v) is 16.0. The van der Waals surface area contributed by atoms with E-state index in [-0.39, 0.29) is 16.2 Å². The molecule has 11 aromatic rings. The maximum atomic E-state index is 6.62. The molecule has 0 spiro atoms. The van der Waals surface area contributed by atoms with Gasteiger partial charge in [-0.15, -0.1) is 11.3 Å². The van der Waals surface area contributed by atoms with Crippen molar-refractivity contribution in [1.29, 1.82) is 0 Å². The highest BCUT2D eigenvalue weighted by molar-refractivity contribution is 7.26. The second kappa shape index (κ2) is 13.0. The third kappa shape index (κ3) is 5.55. The van der Waals surface area contributed by atoms with Crippen LogP contribution in [0.15, 0.2) is 138 Å². The molecule has 0 amide bonds. The van der Waals surface area contributed by atoms with Crippen molar-refractivity contribution >= 4 is 105 Å². The van der Waals surface area contributed by atoms with Crippen LogP contribution in [0.5, 0.6) is 0 Å². The highest BCUT2D eigenvalue weighted by Gasteiger charge is 2.38. The molecule has 65 heavy (non-hydrogen) atoms. The summed E-state index contributed by atoms with van der Waals surface area (Å²) in [5, 5.41) is 11.5. The molecule has 0 saturated heterocycles.